The molecule has 0 radical (unpaired) electrons. The first-order valence-corrected chi connectivity index (χ1v) is 8.51. The highest BCUT2D eigenvalue weighted by molar-refractivity contribution is 7.99. The summed E-state index contributed by atoms with van der Waals surface area (Å²) < 4.78 is 2.22. The highest BCUT2D eigenvalue weighted by atomic mass is 32.2. The molecule has 0 aliphatic carbocycles. The Labute approximate surface area is 117 Å². The van der Waals surface area contributed by atoms with Gasteiger partial charge in [0.05, 0.1) is 5.69 Å². The van der Waals surface area contributed by atoms with E-state index < -0.39 is 0 Å². The zero-order chi connectivity index (χ0) is 12.8. The van der Waals surface area contributed by atoms with Crippen molar-refractivity contribution in [1.29, 1.82) is 0 Å². The minimum atomic E-state index is 0.917. The average Bonchev–Trinajstić information content (AvgIpc) is 2.92. The molecule has 2 aromatic heterocycles. The van der Waals surface area contributed by atoms with Gasteiger partial charge in [-0.15, -0.1) is 23.1 Å². The van der Waals surface area contributed by atoms with Gasteiger partial charge in [-0.25, -0.2) is 4.98 Å². The first kappa shape index (κ1) is 13.9. The van der Waals surface area contributed by atoms with Gasteiger partial charge in [-0.1, -0.05) is 20.3 Å². The van der Waals surface area contributed by atoms with E-state index in [0.29, 0.717) is 0 Å². The quantitative estimate of drug-likeness (QED) is 0.590. The van der Waals surface area contributed by atoms with E-state index in [1.54, 1.807) is 11.3 Å². The number of fused-ring (bicyclic) bond motifs is 1. The predicted octanol–water partition coefficient (Wildman–Crippen LogP) is 3.79. The van der Waals surface area contributed by atoms with Crippen molar-refractivity contribution in [2.75, 3.05) is 12.3 Å². The Morgan fingerprint density at radius 2 is 2.28 bits per heavy atom. The Morgan fingerprint density at radius 1 is 1.39 bits per heavy atom. The van der Waals surface area contributed by atoms with Crippen molar-refractivity contribution < 1.29 is 0 Å². The van der Waals surface area contributed by atoms with E-state index in [1.165, 1.54) is 35.7 Å². The zero-order valence-corrected chi connectivity index (χ0v) is 12.7. The maximum Gasteiger partial charge on any atom is 0.194 e. The van der Waals surface area contributed by atoms with Crippen molar-refractivity contribution in [2.45, 2.75) is 44.7 Å². The molecular formula is C13H21N3S2. The molecule has 100 valence electrons. The van der Waals surface area contributed by atoms with Gasteiger partial charge >= 0.3 is 0 Å². The van der Waals surface area contributed by atoms with Crippen LogP contribution in [-0.4, -0.2) is 21.7 Å². The molecule has 0 saturated heterocycles. The third-order valence-electron chi connectivity index (χ3n) is 2.78. The second-order valence-corrected chi connectivity index (χ2v) is 6.25. The molecule has 2 aromatic rings. The van der Waals surface area contributed by atoms with Gasteiger partial charge in [-0.05, 0) is 25.1 Å². The fraction of sp³-hybridized carbons (Fsp3) is 0.615. The van der Waals surface area contributed by atoms with Crippen LogP contribution in [0.1, 0.15) is 38.8 Å². The Morgan fingerprint density at radius 3 is 3.06 bits per heavy atom. The van der Waals surface area contributed by atoms with Gasteiger partial charge in [0.2, 0.25) is 0 Å². The number of imidazole rings is 1. The number of aromatic nitrogens is 2. The summed E-state index contributed by atoms with van der Waals surface area (Å²) in [5.41, 5.74) is 1.32. The highest BCUT2D eigenvalue weighted by Crippen LogP contribution is 2.26. The van der Waals surface area contributed by atoms with Crippen molar-refractivity contribution in [3.8, 4) is 0 Å². The maximum atomic E-state index is 4.73. The molecule has 0 bridgehead atoms. The van der Waals surface area contributed by atoms with E-state index in [-0.39, 0.29) is 0 Å². The van der Waals surface area contributed by atoms with Crippen molar-refractivity contribution in [3.63, 3.8) is 0 Å². The lowest BCUT2D eigenvalue weighted by atomic mass is 10.4. The van der Waals surface area contributed by atoms with Crippen molar-refractivity contribution in [3.05, 3.63) is 17.3 Å². The van der Waals surface area contributed by atoms with Crippen LogP contribution in [0, 0.1) is 0 Å². The molecule has 3 nitrogen and oxygen atoms in total. The number of nitrogens with one attached hydrogen (secondary N) is 1. The first-order chi connectivity index (χ1) is 8.86. The van der Waals surface area contributed by atoms with Gasteiger partial charge in [0.1, 0.15) is 5.03 Å². The summed E-state index contributed by atoms with van der Waals surface area (Å²) in [5, 5.41) is 6.79. The molecule has 2 heterocycles. The fourth-order valence-corrected chi connectivity index (χ4v) is 3.69. The van der Waals surface area contributed by atoms with Crippen molar-refractivity contribution >= 4 is 28.1 Å². The Balaban J connectivity index is 2.10. The van der Waals surface area contributed by atoms with Crippen LogP contribution >= 0.6 is 23.1 Å². The van der Waals surface area contributed by atoms with E-state index >= 15 is 0 Å². The first-order valence-electron chi connectivity index (χ1n) is 6.64. The minimum Gasteiger partial charge on any atom is -0.311 e. The standard InChI is InChI=1S/C13H21N3S2/c1-3-5-8-17-12-11(10-14-6-4-2)16-7-9-18-13(16)15-12/h7,9,14H,3-6,8,10H2,1-2H3. The molecule has 0 saturated carbocycles. The molecular weight excluding hydrogens is 262 g/mol. The fourth-order valence-electron chi connectivity index (χ4n) is 1.79. The normalized spacial score (nSPS) is 11.4. The topological polar surface area (TPSA) is 29.3 Å². The van der Waals surface area contributed by atoms with Gasteiger partial charge in [0, 0.05) is 18.1 Å². The third-order valence-corrected chi connectivity index (χ3v) is 4.63. The van der Waals surface area contributed by atoms with Crippen LogP contribution in [0.15, 0.2) is 16.6 Å². The summed E-state index contributed by atoms with van der Waals surface area (Å²) in [5.74, 6) is 1.17. The third kappa shape index (κ3) is 3.28. The van der Waals surface area contributed by atoms with E-state index in [9.17, 15) is 0 Å². The van der Waals surface area contributed by atoms with Gasteiger partial charge in [-0.3, -0.25) is 4.40 Å². The molecule has 5 heteroatoms. The second-order valence-electron chi connectivity index (χ2n) is 4.30. The summed E-state index contributed by atoms with van der Waals surface area (Å²) in [7, 11) is 0. The smallest absolute Gasteiger partial charge is 0.194 e. The van der Waals surface area contributed by atoms with Gasteiger partial charge < -0.3 is 5.32 Å². The number of nitrogens with zero attached hydrogens (tertiary/aromatic N) is 2. The number of hydrogen-bond donors (Lipinski definition) is 1. The maximum absolute atomic E-state index is 4.73. The molecule has 1 N–H and O–H groups in total. The summed E-state index contributed by atoms with van der Waals surface area (Å²) in [6, 6.07) is 0. The van der Waals surface area contributed by atoms with Crippen LogP contribution in [0.2, 0.25) is 0 Å². The summed E-state index contributed by atoms with van der Waals surface area (Å²) in [4.78, 5) is 5.84. The summed E-state index contributed by atoms with van der Waals surface area (Å²) in [6.45, 7) is 6.41. The van der Waals surface area contributed by atoms with Crippen LogP contribution in [0.5, 0.6) is 0 Å². The van der Waals surface area contributed by atoms with E-state index in [4.69, 9.17) is 4.98 Å². The Hall–Kier alpha value is -0.520. The molecule has 0 atom stereocenters. The Kier molecular flexibility index (Phi) is 5.53. The highest BCUT2D eigenvalue weighted by Gasteiger charge is 2.12. The molecule has 18 heavy (non-hydrogen) atoms. The SMILES string of the molecule is CCCCSc1nc2sccn2c1CNCCC. The number of hydrogen-bond acceptors (Lipinski definition) is 4. The lowest BCUT2D eigenvalue weighted by molar-refractivity contribution is 0.653. The molecule has 0 amide bonds. The predicted molar refractivity (Wildman–Crippen MR) is 80.7 cm³/mol. The van der Waals surface area contributed by atoms with E-state index in [2.05, 4.69) is 35.1 Å². The van der Waals surface area contributed by atoms with Gasteiger partial charge in [0.25, 0.3) is 0 Å². The summed E-state index contributed by atoms with van der Waals surface area (Å²) in [6.07, 6.45) is 5.81. The molecule has 0 aromatic carbocycles. The zero-order valence-electron chi connectivity index (χ0n) is 11.1. The lowest BCUT2D eigenvalue weighted by Gasteiger charge is -2.05. The molecule has 0 aliphatic rings. The molecule has 2 rings (SSSR count). The minimum absolute atomic E-state index is 0.917. The van der Waals surface area contributed by atoms with Crippen LogP contribution < -0.4 is 5.32 Å². The van der Waals surface area contributed by atoms with Crippen LogP contribution in [0.3, 0.4) is 0 Å². The van der Waals surface area contributed by atoms with Crippen molar-refractivity contribution in [2.24, 2.45) is 0 Å². The van der Waals surface area contributed by atoms with Crippen LogP contribution in [0.4, 0.5) is 0 Å². The van der Waals surface area contributed by atoms with Gasteiger partial charge in [0.15, 0.2) is 4.96 Å². The van der Waals surface area contributed by atoms with Crippen molar-refractivity contribution in [1.82, 2.24) is 14.7 Å². The number of thiazole rings is 1. The second kappa shape index (κ2) is 7.16. The number of thioether (sulfide) groups is 1. The summed E-state index contributed by atoms with van der Waals surface area (Å²) >= 11 is 3.61. The molecule has 0 aliphatic heterocycles. The largest absolute Gasteiger partial charge is 0.311 e. The lowest BCUT2D eigenvalue weighted by Crippen LogP contribution is -2.15. The van der Waals surface area contributed by atoms with Crippen LogP contribution in [-0.2, 0) is 6.54 Å². The molecule has 0 unspecified atom stereocenters. The monoisotopic (exact) mass is 283 g/mol. The number of unbranched alkanes of at least 4 members (excludes halogenated alkanes) is 1. The van der Waals surface area contributed by atoms with Crippen LogP contribution in [0.25, 0.3) is 4.96 Å². The number of rotatable bonds is 8. The Bertz CT molecular complexity index is 475. The molecule has 0 fully saturated rings. The van der Waals surface area contributed by atoms with Gasteiger partial charge in [-0.2, -0.15) is 0 Å². The van der Waals surface area contributed by atoms with E-state index in [0.717, 1.165) is 18.1 Å². The molecule has 0 spiro atoms. The van der Waals surface area contributed by atoms with E-state index in [1.807, 2.05) is 11.8 Å². The average molecular weight is 283 g/mol.